The first-order valence-corrected chi connectivity index (χ1v) is 6.31. The number of likely N-dealkylation sites (tertiary alicyclic amines) is 1. The Morgan fingerprint density at radius 1 is 1.44 bits per heavy atom. The number of carbonyl (C=O) groups is 1. The molecule has 94 valence electrons. The third-order valence-corrected chi connectivity index (χ3v) is 3.02. The van der Waals surface area contributed by atoms with Gasteiger partial charge in [0.1, 0.15) is 0 Å². The number of carbonyl (C=O) groups excluding carboxylic acids is 1. The van der Waals surface area contributed by atoms with Gasteiger partial charge >= 0.3 is 0 Å². The number of amides is 1. The topological polar surface area (TPSA) is 38.8 Å². The van der Waals surface area contributed by atoms with Crippen LogP contribution in [-0.2, 0) is 14.3 Å². The van der Waals surface area contributed by atoms with E-state index in [1.165, 1.54) is 0 Å². The van der Waals surface area contributed by atoms with Gasteiger partial charge in [0.25, 0.3) is 0 Å². The quantitative estimate of drug-likeness (QED) is 0.507. The Kier molecular flexibility index (Phi) is 6.09. The van der Waals surface area contributed by atoms with Crippen molar-refractivity contribution < 1.29 is 14.3 Å². The maximum atomic E-state index is 11.6. The Morgan fingerprint density at radius 3 is 2.50 bits per heavy atom. The second-order valence-electron chi connectivity index (χ2n) is 3.86. The Hall–Kier alpha value is -0.320. The molecule has 1 atom stereocenters. The number of hydrogen-bond donors (Lipinski definition) is 0. The summed E-state index contributed by atoms with van der Waals surface area (Å²) in [6, 6.07) is 0. The summed E-state index contributed by atoms with van der Waals surface area (Å²) in [5.41, 5.74) is 0. The van der Waals surface area contributed by atoms with Crippen LogP contribution in [0.15, 0.2) is 0 Å². The SMILES string of the molecule is CCOC(CN1CC(CCl)CC1=O)OCC. The summed E-state index contributed by atoms with van der Waals surface area (Å²) in [5.74, 6) is 0.962. The maximum absolute atomic E-state index is 11.6. The minimum absolute atomic E-state index is 0.148. The lowest BCUT2D eigenvalue weighted by atomic mass is 10.1. The molecule has 1 fully saturated rings. The monoisotopic (exact) mass is 249 g/mol. The minimum Gasteiger partial charge on any atom is -0.351 e. The summed E-state index contributed by atoms with van der Waals surface area (Å²) < 4.78 is 10.8. The van der Waals surface area contributed by atoms with Crippen molar-refractivity contribution in [1.82, 2.24) is 4.90 Å². The number of halogens is 1. The van der Waals surface area contributed by atoms with Crippen molar-refractivity contribution >= 4 is 17.5 Å². The smallest absolute Gasteiger partial charge is 0.223 e. The molecule has 0 saturated carbocycles. The zero-order valence-corrected chi connectivity index (χ0v) is 10.7. The number of nitrogens with zero attached hydrogens (tertiary/aromatic N) is 1. The van der Waals surface area contributed by atoms with Crippen molar-refractivity contribution in [3.63, 3.8) is 0 Å². The summed E-state index contributed by atoms with van der Waals surface area (Å²) in [5, 5.41) is 0. The van der Waals surface area contributed by atoms with Crippen molar-refractivity contribution in [2.75, 3.05) is 32.2 Å². The molecule has 0 aromatic heterocycles. The molecule has 0 aliphatic carbocycles. The first-order valence-electron chi connectivity index (χ1n) is 5.78. The fourth-order valence-electron chi connectivity index (χ4n) is 1.84. The van der Waals surface area contributed by atoms with Gasteiger partial charge in [-0.15, -0.1) is 11.6 Å². The Labute approximate surface area is 102 Å². The lowest BCUT2D eigenvalue weighted by molar-refractivity contribution is -0.155. The van der Waals surface area contributed by atoms with Crippen molar-refractivity contribution in [1.29, 1.82) is 0 Å². The van der Waals surface area contributed by atoms with E-state index in [2.05, 4.69) is 0 Å². The Balaban J connectivity index is 2.41. The third-order valence-electron chi connectivity index (χ3n) is 2.59. The van der Waals surface area contributed by atoms with Gasteiger partial charge in [-0.25, -0.2) is 0 Å². The van der Waals surface area contributed by atoms with Crippen LogP contribution in [0, 0.1) is 5.92 Å². The molecule has 0 N–H and O–H groups in total. The first kappa shape index (κ1) is 13.7. The third kappa shape index (κ3) is 3.92. The molecule has 1 aliphatic heterocycles. The van der Waals surface area contributed by atoms with Gasteiger partial charge in [0.15, 0.2) is 6.29 Å². The lowest BCUT2D eigenvalue weighted by Crippen LogP contribution is -2.36. The standard InChI is InChI=1S/C11H20ClNO3/c1-3-15-11(16-4-2)8-13-7-9(6-12)5-10(13)14/h9,11H,3-8H2,1-2H3. The molecule has 1 heterocycles. The summed E-state index contributed by atoms with van der Waals surface area (Å²) in [7, 11) is 0. The molecule has 1 unspecified atom stereocenters. The average Bonchev–Trinajstić information content (AvgIpc) is 2.60. The molecule has 16 heavy (non-hydrogen) atoms. The van der Waals surface area contributed by atoms with Gasteiger partial charge < -0.3 is 14.4 Å². The van der Waals surface area contributed by atoms with Crippen LogP contribution in [0.5, 0.6) is 0 Å². The predicted molar refractivity (Wildman–Crippen MR) is 62.4 cm³/mol. The van der Waals surface area contributed by atoms with E-state index in [0.717, 1.165) is 6.54 Å². The van der Waals surface area contributed by atoms with Crippen LogP contribution in [0.4, 0.5) is 0 Å². The molecular weight excluding hydrogens is 230 g/mol. The Morgan fingerprint density at radius 2 is 2.06 bits per heavy atom. The number of rotatable bonds is 7. The van der Waals surface area contributed by atoms with Crippen molar-refractivity contribution in [3.05, 3.63) is 0 Å². The van der Waals surface area contributed by atoms with Crippen LogP contribution in [0.1, 0.15) is 20.3 Å². The molecule has 1 rings (SSSR count). The van der Waals surface area contributed by atoms with E-state index in [0.29, 0.717) is 32.1 Å². The zero-order chi connectivity index (χ0) is 12.0. The van der Waals surface area contributed by atoms with Crippen LogP contribution in [0.2, 0.25) is 0 Å². The van der Waals surface area contributed by atoms with Gasteiger partial charge in [-0.3, -0.25) is 4.79 Å². The van der Waals surface area contributed by atoms with Gasteiger partial charge in [0.2, 0.25) is 5.91 Å². The maximum Gasteiger partial charge on any atom is 0.223 e. The predicted octanol–water partition coefficient (Wildman–Crippen LogP) is 1.47. The second kappa shape index (κ2) is 7.09. The Bertz CT molecular complexity index is 219. The highest BCUT2D eigenvalue weighted by Gasteiger charge is 2.30. The van der Waals surface area contributed by atoms with Crippen LogP contribution < -0.4 is 0 Å². The molecule has 1 aliphatic rings. The second-order valence-corrected chi connectivity index (χ2v) is 4.17. The molecule has 0 aromatic carbocycles. The van der Waals surface area contributed by atoms with E-state index in [4.69, 9.17) is 21.1 Å². The molecule has 0 spiro atoms. The molecule has 0 bridgehead atoms. The lowest BCUT2D eigenvalue weighted by Gasteiger charge is -2.23. The first-order chi connectivity index (χ1) is 7.71. The molecule has 0 aromatic rings. The van der Waals surface area contributed by atoms with Crippen LogP contribution in [0.3, 0.4) is 0 Å². The summed E-state index contributed by atoms with van der Waals surface area (Å²) >= 11 is 5.76. The van der Waals surface area contributed by atoms with E-state index in [1.54, 1.807) is 4.90 Å². The highest BCUT2D eigenvalue weighted by Crippen LogP contribution is 2.19. The largest absolute Gasteiger partial charge is 0.351 e. The molecule has 4 nitrogen and oxygen atoms in total. The number of hydrogen-bond acceptors (Lipinski definition) is 3. The van der Waals surface area contributed by atoms with Gasteiger partial charge in [-0.05, 0) is 19.8 Å². The van der Waals surface area contributed by atoms with Gasteiger partial charge in [0, 0.05) is 32.1 Å². The van der Waals surface area contributed by atoms with Crippen molar-refractivity contribution in [2.24, 2.45) is 5.92 Å². The summed E-state index contributed by atoms with van der Waals surface area (Å²) in [6.07, 6.45) is 0.238. The van der Waals surface area contributed by atoms with E-state index in [1.807, 2.05) is 13.8 Å². The molecule has 1 saturated heterocycles. The molecule has 1 amide bonds. The fourth-order valence-corrected chi connectivity index (χ4v) is 2.05. The van der Waals surface area contributed by atoms with Gasteiger partial charge in [-0.1, -0.05) is 0 Å². The van der Waals surface area contributed by atoms with E-state index in [-0.39, 0.29) is 18.1 Å². The normalized spacial score (nSPS) is 21.1. The summed E-state index contributed by atoms with van der Waals surface area (Å²) in [4.78, 5) is 13.4. The molecule has 5 heteroatoms. The van der Waals surface area contributed by atoms with Gasteiger partial charge in [-0.2, -0.15) is 0 Å². The fraction of sp³-hybridized carbons (Fsp3) is 0.909. The minimum atomic E-state index is -0.312. The summed E-state index contributed by atoms with van der Waals surface area (Å²) in [6.45, 7) is 6.24. The number of alkyl halides is 1. The average molecular weight is 250 g/mol. The molecule has 0 radical (unpaired) electrons. The highest BCUT2D eigenvalue weighted by molar-refractivity contribution is 6.18. The van der Waals surface area contributed by atoms with E-state index < -0.39 is 0 Å². The van der Waals surface area contributed by atoms with Gasteiger partial charge in [0.05, 0.1) is 6.54 Å². The highest BCUT2D eigenvalue weighted by atomic mass is 35.5. The zero-order valence-electron chi connectivity index (χ0n) is 9.95. The van der Waals surface area contributed by atoms with E-state index in [9.17, 15) is 4.79 Å². The number of ether oxygens (including phenoxy) is 2. The van der Waals surface area contributed by atoms with Crippen LogP contribution in [0.25, 0.3) is 0 Å². The van der Waals surface area contributed by atoms with Crippen molar-refractivity contribution in [3.8, 4) is 0 Å². The van der Waals surface area contributed by atoms with Crippen LogP contribution in [-0.4, -0.2) is 49.3 Å². The van der Waals surface area contributed by atoms with Crippen molar-refractivity contribution in [2.45, 2.75) is 26.6 Å². The van der Waals surface area contributed by atoms with E-state index >= 15 is 0 Å². The van der Waals surface area contributed by atoms with Crippen LogP contribution >= 0.6 is 11.6 Å². The molecular formula is C11H20ClNO3.